The molecule has 0 unspecified atom stereocenters. The third-order valence-electron chi connectivity index (χ3n) is 1.58. The molecule has 0 saturated heterocycles. The van der Waals surface area contributed by atoms with Crippen LogP contribution in [0.5, 0.6) is 0 Å². The molecule has 0 radical (unpaired) electrons. The summed E-state index contributed by atoms with van der Waals surface area (Å²) >= 11 is 0. The van der Waals surface area contributed by atoms with Crippen LogP contribution in [-0.2, 0) is 7.05 Å². The smallest absolute Gasteiger partial charge is 0.229 e. The highest BCUT2D eigenvalue weighted by atomic mass is 16.3. The quantitative estimate of drug-likeness (QED) is 0.649. The predicted molar refractivity (Wildman–Crippen MR) is 43.8 cm³/mol. The van der Waals surface area contributed by atoms with Crippen molar-refractivity contribution >= 4 is 5.78 Å². The fraction of sp³-hybridized carbons (Fsp3) is 0.500. The van der Waals surface area contributed by atoms with Gasteiger partial charge in [-0.05, 0) is 13.8 Å². The van der Waals surface area contributed by atoms with E-state index in [-0.39, 0.29) is 11.6 Å². The number of aromatic nitrogens is 2. The molecule has 4 heteroatoms. The molecule has 0 aliphatic carbocycles. The standard InChI is InChI=1S/C8H12N2O2/c1-8(2,12)6(11)7-9-4-5-10(7)3/h4-5,12H,1-3H3. The fourth-order valence-corrected chi connectivity index (χ4v) is 0.858. The number of hydrogen-bond donors (Lipinski definition) is 1. The lowest BCUT2D eigenvalue weighted by molar-refractivity contribution is 0.0473. The predicted octanol–water partition coefficient (Wildman–Crippen LogP) is 0.374. The second-order valence-electron chi connectivity index (χ2n) is 3.25. The summed E-state index contributed by atoms with van der Waals surface area (Å²) in [6, 6.07) is 0. The van der Waals surface area contributed by atoms with Crippen LogP contribution >= 0.6 is 0 Å². The summed E-state index contributed by atoms with van der Waals surface area (Å²) in [5.41, 5.74) is -1.35. The molecule has 0 atom stereocenters. The molecule has 0 saturated carbocycles. The highest BCUT2D eigenvalue weighted by molar-refractivity contribution is 5.98. The van der Waals surface area contributed by atoms with E-state index < -0.39 is 5.60 Å². The molecule has 1 heterocycles. The Kier molecular flexibility index (Phi) is 2.02. The van der Waals surface area contributed by atoms with Crippen LogP contribution in [0.3, 0.4) is 0 Å². The van der Waals surface area contributed by atoms with Crippen molar-refractivity contribution in [3.05, 3.63) is 18.2 Å². The Balaban J connectivity index is 3.01. The van der Waals surface area contributed by atoms with Gasteiger partial charge in [0.25, 0.3) is 0 Å². The molecule has 0 spiro atoms. The molecule has 0 aliphatic heterocycles. The first-order valence-corrected chi connectivity index (χ1v) is 3.67. The summed E-state index contributed by atoms with van der Waals surface area (Å²) in [5, 5.41) is 9.38. The van der Waals surface area contributed by atoms with Gasteiger partial charge in [-0.15, -0.1) is 0 Å². The van der Waals surface area contributed by atoms with E-state index in [9.17, 15) is 9.90 Å². The molecular weight excluding hydrogens is 156 g/mol. The van der Waals surface area contributed by atoms with Crippen molar-refractivity contribution in [2.45, 2.75) is 19.4 Å². The molecule has 0 aromatic carbocycles. The lowest BCUT2D eigenvalue weighted by Crippen LogP contribution is -2.33. The summed E-state index contributed by atoms with van der Waals surface area (Å²) in [6.45, 7) is 2.90. The van der Waals surface area contributed by atoms with Gasteiger partial charge in [0.05, 0.1) is 0 Å². The van der Waals surface area contributed by atoms with Gasteiger partial charge in [0.2, 0.25) is 5.78 Å². The maximum absolute atomic E-state index is 11.4. The van der Waals surface area contributed by atoms with Crippen molar-refractivity contribution in [2.75, 3.05) is 0 Å². The molecular formula is C8H12N2O2. The van der Waals surface area contributed by atoms with Crippen molar-refractivity contribution in [1.29, 1.82) is 0 Å². The van der Waals surface area contributed by atoms with Crippen molar-refractivity contribution in [1.82, 2.24) is 9.55 Å². The molecule has 4 nitrogen and oxygen atoms in total. The molecule has 1 aromatic rings. The van der Waals surface area contributed by atoms with Gasteiger partial charge in [0, 0.05) is 19.4 Å². The Hall–Kier alpha value is -1.16. The first-order valence-electron chi connectivity index (χ1n) is 3.67. The van der Waals surface area contributed by atoms with Crippen LogP contribution in [0, 0.1) is 0 Å². The number of ketones is 1. The maximum atomic E-state index is 11.4. The molecule has 66 valence electrons. The number of Topliss-reactive ketones (excluding diaryl/α,β-unsaturated/α-hetero) is 1. The number of hydrogen-bond acceptors (Lipinski definition) is 3. The van der Waals surface area contributed by atoms with E-state index >= 15 is 0 Å². The van der Waals surface area contributed by atoms with Crippen LogP contribution in [0.1, 0.15) is 24.5 Å². The zero-order valence-corrected chi connectivity index (χ0v) is 7.40. The third-order valence-corrected chi connectivity index (χ3v) is 1.58. The van der Waals surface area contributed by atoms with Crippen LogP contribution in [-0.4, -0.2) is 26.0 Å². The second kappa shape index (κ2) is 2.71. The highest BCUT2D eigenvalue weighted by Gasteiger charge is 2.27. The Morgan fingerprint density at radius 1 is 1.67 bits per heavy atom. The monoisotopic (exact) mass is 168 g/mol. The highest BCUT2D eigenvalue weighted by Crippen LogP contribution is 2.09. The minimum atomic E-state index is -1.35. The second-order valence-corrected chi connectivity index (χ2v) is 3.25. The molecule has 1 aromatic heterocycles. The van der Waals surface area contributed by atoms with E-state index in [0.717, 1.165) is 0 Å². The fourth-order valence-electron chi connectivity index (χ4n) is 0.858. The molecule has 0 amide bonds. The lowest BCUT2D eigenvalue weighted by atomic mass is 10.0. The largest absolute Gasteiger partial charge is 0.382 e. The van der Waals surface area contributed by atoms with Gasteiger partial charge in [-0.3, -0.25) is 4.79 Å². The summed E-state index contributed by atoms with van der Waals surface area (Å²) in [6.07, 6.45) is 3.19. The van der Waals surface area contributed by atoms with E-state index in [0.29, 0.717) is 0 Å². The number of imidazole rings is 1. The SMILES string of the molecule is Cn1ccnc1C(=O)C(C)(C)O. The lowest BCUT2D eigenvalue weighted by Gasteiger charge is -2.14. The number of nitrogens with zero attached hydrogens (tertiary/aromatic N) is 2. The van der Waals surface area contributed by atoms with Gasteiger partial charge >= 0.3 is 0 Å². The third kappa shape index (κ3) is 1.53. The number of aryl methyl sites for hydroxylation is 1. The Bertz CT molecular complexity index is 296. The summed E-state index contributed by atoms with van der Waals surface area (Å²) in [5.74, 6) is -0.0856. The minimum absolute atomic E-state index is 0.280. The summed E-state index contributed by atoms with van der Waals surface area (Å²) in [4.78, 5) is 15.3. The number of carbonyl (C=O) groups is 1. The first-order chi connectivity index (χ1) is 5.43. The van der Waals surface area contributed by atoms with Crippen LogP contribution in [0.2, 0.25) is 0 Å². The Labute approximate surface area is 70.9 Å². The number of aliphatic hydroxyl groups is 1. The normalized spacial score (nSPS) is 11.7. The van der Waals surface area contributed by atoms with Crippen molar-refractivity contribution in [2.24, 2.45) is 7.05 Å². The van der Waals surface area contributed by atoms with Crippen molar-refractivity contribution in [3.8, 4) is 0 Å². The molecule has 0 aliphatic rings. The number of carbonyl (C=O) groups excluding carboxylic acids is 1. The van der Waals surface area contributed by atoms with E-state index in [4.69, 9.17) is 0 Å². The molecule has 0 fully saturated rings. The maximum Gasteiger partial charge on any atom is 0.229 e. The van der Waals surface area contributed by atoms with Gasteiger partial charge < -0.3 is 9.67 Å². The van der Waals surface area contributed by atoms with Gasteiger partial charge in [-0.25, -0.2) is 4.98 Å². The zero-order chi connectivity index (χ0) is 9.35. The molecule has 1 N–H and O–H groups in total. The molecule has 0 bridgehead atoms. The molecule has 1 rings (SSSR count). The van der Waals surface area contributed by atoms with Crippen LogP contribution in [0.25, 0.3) is 0 Å². The Morgan fingerprint density at radius 3 is 2.58 bits per heavy atom. The van der Waals surface area contributed by atoms with Crippen LogP contribution in [0.15, 0.2) is 12.4 Å². The summed E-state index contributed by atoms with van der Waals surface area (Å²) in [7, 11) is 1.71. The average molecular weight is 168 g/mol. The van der Waals surface area contributed by atoms with Gasteiger partial charge in [-0.1, -0.05) is 0 Å². The zero-order valence-electron chi connectivity index (χ0n) is 7.40. The summed E-state index contributed by atoms with van der Waals surface area (Å²) < 4.78 is 1.58. The van der Waals surface area contributed by atoms with E-state index in [1.807, 2.05) is 0 Å². The van der Waals surface area contributed by atoms with Crippen LogP contribution < -0.4 is 0 Å². The molecule has 12 heavy (non-hydrogen) atoms. The van der Waals surface area contributed by atoms with E-state index in [1.165, 1.54) is 20.0 Å². The van der Waals surface area contributed by atoms with Gasteiger partial charge in [-0.2, -0.15) is 0 Å². The van der Waals surface area contributed by atoms with E-state index in [2.05, 4.69) is 4.98 Å². The topological polar surface area (TPSA) is 55.1 Å². The average Bonchev–Trinajstić information content (AvgIpc) is 2.31. The van der Waals surface area contributed by atoms with Crippen LogP contribution in [0.4, 0.5) is 0 Å². The Morgan fingerprint density at radius 2 is 2.25 bits per heavy atom. The van der Waals surface area contributed by atoms with Crippen molar-refractivity contribution in [3.63, 3.8) is 0 Å². The van der Waals surface area contributed by atoms with Gasteiger partial charge in [0.1, 0.15) is 5.60 Å². The minimum Gasteiger partial charge on any atom is -0.382 e. The first kappa shape index (κ1) is 8.93. The number of rotatable bonds is 2. The van der Waals surface area contributed by atoms with E-state index in [1.54, 1.807) is 17.8 Å². The van der Waals surface area contributed by atoms with Gasteiger partial charge in [0.15, 0.2) is 5.82 Å². The van der Waals surface area contributed by atoms with Crippen molar-refractivity contribution < 1.29 is 9.90 Å².